The van der Waals surface area contributed by atoms with Crippen LogP contribution in [-0.2, 0) is 11.2 Å². The Morgan fingerprint density at radius 2 is 1.44 bits per heavy atom. The molecule has 0 saturated carbocycles. The summed E-state index contributed by atoms with van der Waals surface area (Å²) in [6.07, 6.45) is 0.290. The summed E-state index contributed by atoms with van der Waals surface area (Å²) in [6, 6.07) is 20.3. The van der Waals surface area contributed by atoms with Crippen LogP contribution in [0.15, 0.2) is 72.8 Å². The SMILES string of the molecule is CN1C(=O)N(c2cc(Cl)cc(Cl)c2)C(=O)C1(C)Cc1ccc(C(=O)c2ccccc2)cc1. The monoisotopic (exact) mass is 466 g/mol. The summed E-state index contributed by atoms with van der Waals surface area (Å²) in [4.78, 5) is 41.5. The van der Waals surface area contributed by atoms with Crippen molar-refractivity contribution in [1.29, 1.82) is 0 Å². The van der Waals surface area contributed by atoms with Gasteiger partial charge in [0, 0.05) is 34.6 Å². The van der Waals surface area contributed by atoms with Gasteiger partial charge in [-0.3, -0.25) is 9.59 Å². The fourth-order valence-electron chi connectivity index (χ4n) is 3.85. The number of rotatable bonds is 5. The van der Waals surface area contributed by atoms with Crippen molar-refractivity contribution in [3.8, 4) is 0 Å². The minimum Gasteiger partial charge on any atom is -0.312 e. The van der Waals surface area contributed by atoms with Crippen molar-refractivity contribution in [2.24, 2.45) is 0 Å². The molecule has 0 radical (unpaired) electrons. The number of likely N-dealkylation sites (N-methyl/N-ethyl adjacent to an activating group) is 1. The molecule has 0 aromatic heterocycles. The van der Waals surface area contributed by atoms with E-state index in [2.05, 4.69) is 0 Å². The van der Waals surface area contributed by atoms with Crippen LogP contribution >= 0.6 is 23.2 Å². The van der Waals surface area contributed by atoms with Gasteiger partial charge in [-0.2, -0.15) is 0 Å². The molecule has 0 aliphatic carbocycles. The Bertz CT molecular complexity index is 1190. The van der Waals surface area contributed by atoms with Crippen LogP contribution in [0.2, 0.25) is 10.0 Å². The summed E-state index contributed by atoms with van der Waals surface area (Å²) >= 11 is 12.1. The lowest BCUT2D eigenvalue weighted by Crippen LogP contribution is -2.47. The third kappa shape index (κ3) is 3.90. The van der Waals surface area contributed by atoms with E-state index in [9.17, 15) is 14.4 Å². The minimum absolute atomic E-state index is 0.0726. The number of carbonyl (C=O) groups is 3. The maximum absolute atomic E-state index is 13.4. The van der Waals surface area contributed by atoms with E-state index in [4.69, 9.17) is 23.2 Å². The molecule has 3 aromatic rings. The molecule has 1 aliphatic rings. The summed E-state index contributed by atoms with van der Waals surface area (Å²) < 4.78 is 0. The molecule has 0 N–H and O–H groups in total. The predicted octanol–water partition coefficient (Wildman–Crippen LogP) is 5.62. The molecule has 4 rings (SSSR count). The summed E-state index contributed by atoms with van der Waals surface area (Å²) in [7, 11) is 1.60. The van der Waals surface area contributed by atoms with E-state index < -0.39 is 11.6 Å². The fourth-order valence-corrected chi connectivity index (χ4v) is 4.36. The van der Waals surface area contributed by atoms with Crippen LogP contribution in [0.25, 0.3) is 0 Å². The molecule has 162 valence electrons. The highest BCUT2D eigenvalue weighted by Crippen LogP contribution is 2.35. The van der Waals surface area contributed by atoms with E-state index >= 15 is 0 Å². The summed E-state index contributed by atoms with van der Waals surface area (Å²) in [5, 5.41) is 0.672. The zero-order valence-electron chi connectivity index (χ0n) is 17.5. The normalized spacial score (nSPS) is 18.4. The lowest BCUT2D eigenvalue weighted by Gasteiger charge is -2.28. The molecule has 3 amide bonds. The molecular formula is C25H20Cl2N2O3. The van der Waals surface area contributed by atoms with Crippen LogP contribution in [0.5, 0.6) is 0 Å². The van der Waals surface area contributed by atoms with Gasteiger partial charge in [-0.05, 0) is 30.7 Å². The Balaban J connectivity index is 1.59. The quantitative estimate of drug-likeness (QED) is 0.361. The van der Waals surface area contributed by atoms with Crippen LogP contribution < -0.4 is 4.90 Å². The minimum atomic E-state index is -1.10. The Labute approximate surface area is 196 Å². The number of benzene rings is 3. The van der Waals surface area contributed by atoms with Gasteiger partial charge in [0.2, 0.25) is 0 Å². The Morgan fingerprint density at radius 1 is 0.875 bits per heavy atom. The molecule has 3 aromatic carbocycles. The first-order chi connectivity index (χ1) is 15.2. The van der Waals surface area contributed by atoms with Crippen molar-refractivity contribution in [2.45, 2.75) is 18.9 Å². The van der Waals surface area contributed by atoms with E-state index in [1.165, 1.54) is 17.0 Å². The average molecular weight is 467 g/mol. The van der Waals surface area contributed by atoms with E-state index in [0.29, 0.717) is 33.3 Å². The van der Waals surface area contributed by atoms with Gasteiger partial charge in [-0.1, -0.05) is 77.8 Å². The fraction of sp³-hybridized carbons (Fsp3) is 0.160. The topological polar surface area (TPSA) is 57.7 Å². The van der Waals surface area contributed by atoms with E-state index in [1.54, 1.807) is 44.3 Å². The molecule has 0 spiro atoms. The number of anilines is 1. The van der Waals surface area contributed by atoms with Crippen molar-refractivity contribution in [3.05, 3.63) is 99.5 Å². The molecule has 1 saturated heterocycles. The number of hydrogen-bond acceptors (Lipinski definition) is 3. The molecule has 0 bridgehead atoms. The van der Waals surface area contributed by atoms with Gasteiger partial charge in [-0.15, -0.1) is 0 Å². The van der Waals surface area contributed by atoms with Gasteiger partial charge in [0.15, 0.2) is 5.78 Å². The largest absolute Gasteiger partial charge is 0.332 e. The van der Waals surface area contributed by atoms with Crippen LogP contribution in [0.3, 0.4) is 0 Å². The first-order valence-electron chi connectivity index (χ1n) is 9.98. The zero-order chi connectivity index (χ0) is 23.0. The molecule has 1 aliphatic heterocycles. The average Bonchev–Trinajstić information content (AvgIpc) is 2.94. The molecule has 7 heteroatoms. The number of nitrogens with zero attached hydrogens (tertiary/aromatic N) is 2. The Hall–Kier alpha value is -3.15. The van der Waals surface area contributed by atoms with Crippen molar-refractivity contribution >= 4 is 46.6 Å². The maximum Gasteiger partial charge on any atom is 0.332 e. The summed E-state index contributed by atoms with van der Waals surface area (Å²) in [5.41, 5.74) is 1.23. The second-order valence-corrected chi connectivity index (χ2v) is 8.83. The predicted molar refractivity (Wildman–Crippen MR) is 126 cm³/mol. The van der Waals surface area contributed by atoms with Crippen LogP contribution in [0.1, 0.15) is 28.4 Å². The van der Waals surface area contributed by atoms with E-state index in [1.807, 2.05) is 30.3 Å². The number of imide groups is 1. The van der Waals surface area contributed by atoms with Crippen LogP contribution in [0.4, 0.5) is 10.5 Å². The number of amides is 3. The second kappa shape index (κ2) is 8.41. The molecule has 1 fully saturated rings. The Kier molecular flexibility index (Phi) is 5.80. The van der Waals surface area contributed by atoms with E-state index in [-0.39, 0.29) is 11.7 Å². The van der Waals surface area contributed by atoms with Crippen LogP contribution in [0, 0.1) is 0 Å². The van der Waals surface area contributed by atoms with Crippen molar-refractivity contribution < 1.29 is 14.4 Å². The molecule has 1 unspecified atom stereocenters. The highest BCUT2D eigenvalue weighted by atomic mass is 35.5. The van der Waals surface area contributed by atoms with Crippen LogP contribution in [-0.4, -0.2) is 35.2 Å². The Morgan fingerprint density at radius 3 is 2.03 bits per heavy atom. The number of hydrogen-bond donors (Lipinski definition) is 0. The van der Waals surface area contributed by atoms with Gasteiger partial charge < -0.3 is 4.90 Å². The molecule has 1 atom stereocenters. The maximum atomic E-state index is 13.4. The number of halogens is 2. The van der Waals surface area contributed by atoms with Crippen molar-refractivity contribution in [3.63, 3.8) is 0 Å². The first-order valence-corrected chi connectivity index (χ1v) is 10.7. The molecule has 1 heterocycles. The number of urea groups is 1. The smallest absolute Gasteiger partial charge is 0.312 e. The number of carbonyl (C=O) groups excluding carboxylic acids is 3. The first kappa shape index (κ1) is 22.1. The highest BCUT2D eigenvalue weighted by molar-refractivity contribution is 6.35. The highest BCUT2D eigenvalue weighted by Gasteiger charge is 2.53. The lowest BCUT2D eigenvalue weighted by atomic mass is 9.90. The third-order valence-electron chi connectivity index (χ3n) is 5.79. The van der Waals surface area contributed by atoms with Gasteiger partial charge >= 0.3 is 6.03 Å². The molecular weight excluding hydrogens is 447 g/mol. The molecule has 5 nitrogen and oxygen atoms in total. The third-order valence-corrected chi connectivity index (χ3v) is 6.22. The summed E-state index contributed by atoms with van der Waals surface area (Å²) in [6.45, 7) is 1.72. The summed E-state index contributed by atoms with van der Waals surface area (Å²) in [5.74, 6) is -0.440. The molecule has 32 heavy (non-hydrogen) atoms. The van der Waals surface area contributed by atoms with Gasteiger partial charge in [0.25, 0.3) is 5.91 Å². The number of ketones is 1. The van der Waals surface area contributed by atoms with Crippen molar-refractivity contribution in [1.82, 2.24) is 4.90 Å². The van der Waals surface area contributed by atoms with Gasteiger partial charge in [0.05, 0.1) is 5.69 Å². The van der Waals surface area contributed by atoms with E-state index in [0.717, 1.165) is 10.5 Å². The lowest BCUT2D eigenvalue weighted by molar-refractivity contribution is -0.123. The van der Waals surface area contributed by atoms with Gasteiger partial charge in [-0.25, -0.2) is 9.69 Å². The zero-order valence-corrected chi connectivity index (χ0v) is 19.0. The standard InChI is InChI=1S/C25H20Cl2N2O3/c1-25(15-16-8-10-18(11-9-16)22(30)17-6-4-3-5-7-17)23(31)29(24(32)28(25)2)21-13-19(26)12-20(27)14-21/h3-14H,15H2,1-2H3. The van der Waals surface area contributed by atoms with Crippen molar-refractivity contribution in [2.75, 3.05) is 11.9 Å². The second-order valence-electron chi connectivity index (χ2n) is 7.95. The van der Waals surface area contributed by atoms with Gasteiger partial charge in [0.1, 0.15) is 5.54 Å².